The van der Waals surface area contributed by atoms with Crippen molar-refractivity contribution in [2.45, 2.75) is 45.0 Å². The Morgan fingerprint density at radius 3 is 2.58 bits per heavy atom. The lowest BCUT2D eigenvalue weighted by molar-refractivity contribution is 0.155. The van der Waals surface area contributed by atoms with E-state index in [1.165, 1.54) is 0 Å². The number of aromatic nitrogens is 1. The largest absolute Gasteiger partial charge is 0.490 e. The molecule has 1 aromatic carbocycles. The molecule has 0 saturated carbocycles. The fourth-order valence-electron chi connectivity index (χ4n) is 1.97. The van der Waals surface area contributed by atoms with E-state index in [0.717, 1.165) is 10.9 Å². The number of pyridine rings is 1. The summed E-state index contributed by atoms with van der Waals surface area (Å²) in [6.45, 7) is 10.9. The summed E-state index contributed by atoms with van der Waals surface area (Å²) in [4.78, 5) is 4.24. The molecule has 0 radical (unpaired) electrons. The van der Waals surface area contributed by atoms with Gasteiger partial charge in [0.1, 0.15) is 17.5 Å². The van der Waals surface area contributed by atoms with Gasteiger partial charge in [-0.25, -0.2) is 4.98 Å². The van der Waals surface area contributed by atoms with E-state index in [1.807, 2.05) is 24.3 Å². The van der Waals surface area contributed by atoms with Crippen LogP contribution in [0, 0.1) is 11.3 Å². The maximum Gasteiger partial charge on any atom is 0.194 e. The molecule has 1 atom stereocenters. The van der Waals surface area contributed by atoms with Crippen LogP contribution in [0.5, 0.6) is 5.75 Å². The highest BCUT2D eigenvalue weighted by molar-refractivity contribution is 6.74. The second-order valence-electron chi connectivity index (χ2n) is 7.30. The summed E-state index contributed by atoms with van der Waals surface area (Å²) in [5.41, 5.74) is 0.809. The molecule has 2 aromatic rings. The topological polar surface area (TPSA) is 55.1 Å². The molecular formula is C18H23ClN2O2Si. The van der Waals surface area contributed by atoms with E-state index in [1.54, 1.807) is 6.07 Å². The second-order valence-corrected chi connectivity index (χ2v) is 12.4. The summed E-state index contributed by atoms with van der Waals surface area (Å²) in [5, 5.41) is 10.8. The lowest BCUT2D eigenvalue weighted by Gasteiger charge is -2.37. The van der Waals surface area contributed by atoms with Crippen molar-refractivity contribution in [3.8, 4) is 11.8 Å². The number of nitrogens with zero attached hydrogens (tertiary/aromatic N) is 2. The number of hydrogen-bond donors (Lipinski definition) is 0. The third-order valence-corrected chi connectivity index (χ3v) is 9.11. The quantitative estimate of drug-likeness (QED) is 0.543. The van der Waals surface area contributed by atoms with E-state index in [0.29, 0.717) is 10.9 Å². The van der Waals surface area contributed by atoms with Gasteiger partial charge in [0.2, 0.25) is 0 Å². The van der Waals surface area contributed by atoms with Crippen LogP contribution in [0.15, 0.2) is 30.3 Å². The number of nitriles is 1. The first-order chi connectivity index (χ1) is 11.1. The zero-order valence-electron chi connectivity index (χ0n) is 14.8. The maximum atomic E-state index is 9.38. The Balaban J connectivity index is 2.06. The minimum atomic E-state index is -2.00. The van der Waals surface area contributed by atoms with Gasteiger partial charge in [-0.15, -0.1) is 0 Å². The molecule has 0 N–H and O–H groups in total. The van der Waals surface area contributed by atoms with Crippen molar-refractivity contribution in [2.24, 2.45) is 0 Å². The monoisotopic (exact) mass is 362 g/mol. The first-order valence-corrected chi connectivity index (χ1v) is 11.2. The van der Waals surface area contributed by atoms with Crippen molar-refractivity contribution in [3.63, 3.8) is 0 Å². The smallest absolute Gasteiger partial charge is 0.194 e. The molecule has 1 aromatic heterocycles. The van der Waals surface area contributed by atoms with Crippen LogP contribution in [0.25, 0.3) is 10.9 Å². The molecule has 2 rings (SSSR count). The fourth-order valence-corrected chi connectivity index (χ4v) is 3.31. The van der Waals surface area contributed by atoms with Gasteiger partial charge in [-0.05, 0) is 48.5 Å². The molecular weight excluding hydrogens is 340 g/mol. The van der Waals surface area contributed by atoms with Crippen LogP contribution in [0.4, 0.5) is 0 Å². The minimum Gasteiger partial charge on any atom is -0.490 e. The second kappa shape index (κ2) is 7.10. The van der Waals surface area contributed by atoms with E-state index in [4.69, 9.17) is 20.8 Å². The summed E-state index contributed by atoms with van der Waals surface area (Å²) in [7, 11) is -2.00. The third-order valence-electron chi connectivity index (χ3n) is 4.42. The summed E-state index contributed by atoms with van der Waals surface area (Å²) >= 11 is 5.89. The SMILES string of the molecule is CC(C)(C)[Si](C)(C)OC(C#N)COc1ccc2nc(Cl)ccc2c1. The van der Waals surface area contributed by atoms with Crippen molar-refractivity contribution in [2.75, 3.05) is 6.61 Å². The lowest BCUT2D eigenvalue weighted by Crippen LogP contribution is -2.45. The Bertz CT molecular complexity index is 766. The normalized spacial score (nSPS) is 13.5. The van der Waals surface area contributed by atoms with Crippen molar-refractivity contribution in [1.29, 1.82) is 5.26 Å². The lowest BCUT2D eigenvalue weighted by atomic mass is 10.2. The number of ether oxygens (including phenoxy) is 1. The zero-order chi connectivity index (χ0) is 18.0. The van der Waals surface area contributed by atoms with E-state index < -0.39 is 14.4 Å². The van der Waals surface area contributed by atoms with E-state index >= 15 is 0 Å². The Morgan fingerprint density at radius 2 is 1.96 bits per heavy atom. The molecule has 0 spiro atoms. The molecule has 0 bridgehead atoms. The Hall–Kier alpha value is -1.61. The third kappa shape index (κ3) is 4.47. The van der Waals surface area contributed by atoms with E-state index in [-0.39, 0.29) is 11.6 Å². The zero-order valence-corrected chi connectivity index (χ0v) is 16.5. The molecule has 1 unspecified atom stereocenters. The van der Waals surface area contributed by atoms with Crippen LogP contribution >= 0.6 is 11.6 Å². The summed E-state index contributed by atoms with van der Waals surface area (Å²) in [6.07, 6.45) is -0.579. The van der Waals surface area contributed by atoms with Crippen molar-refractivity contribution >= 4 is 30.8 Å². The van der Waals surface area contributed by atoms with Crippen molar-refractivity contribution in [1.82, 2.24) is 4.98 Å². The van der Waals surface area contributed by atoms with Crippen LogP contribution in [-0.4, -0.2) is 26.0 Å². The summed E-state index contributed by atoms with van der Waals surface area (Å²) in [5.74, 6) is 0.686. The first kappa shape index (κ1) is 18.7. The molecule has 0 fully saturated rings. The van der Waals surface area contributed by atoms with Crippen LogP contribution in [-0.2, 0) is 4.43 Å². The molecule has 0 amide bonds. The van der Waals surface area contributed by atoms with Gasteiger partial charge in [0.05, 0.1) is 11.6 Å². The van der Waals surface area contributed by atoms with Gasteiger partial charge in [-0.3, -0.25) is 0 Å². The highest BCUT2D eigenvalue weighted by atomic mass is 35.5. The molecule has 24 heavy (non-hydrogen) atoms. The average Bonchev–Trinajstić information content (AvgIpc) is 2.50. The minimum absolute atomic E-state index is 0.0516. The molecule has 0 aliphatic heterocycles. The fraction of sp³-hybridized carbons (Fsp3) is 0.444. The van der Waals surface area contributed by atoms with E-state index in [2.05, 4.69) is 44.9 Å². The van der Waals surface area contributed by atoms with Crippen LogP contribution in [0.3, 0.4) is 0 Å². The van der Waals surface area contributed by atoms with Gasteiger partial charge in [-0.1, -0.05) is 32.4 Å². The number of halogens is 1. The number of rotatable bonds is 5. The summed E-state index contributed by atoms with van der Waals surface area (Å²) in [6, 6.07) is 11.4. The van der Waals surface area contributed by atoms with Gasteiger partial charge in [-0.2, -0.15) is 5.26 Å². The van der Waals surface area contributed by atoms with Crippen LogP contribution in [0.2, 0.25) is 23.3 Å². The van der Waals surface area contributed by atoms with Gasteiger partial charge in [0.15, 0.2) is 14.4 Å². The molecule has 6 heteroatoms. The van der Waals surface area contributed by atoms with Crippen molar-refractivity contribution in [3.05, 3.63) is 35.5 Å². The molecule has 128 valence electrons. The number of hydrogen-bond acceptors (Lipinski definition) is 4. The maximum absolute atomic E-state index is 9.38. The molecule has 0 aliphatic rings. The van der Waals surface area contributed by atoms with Crippen LogP contribution < -0.4 is 4.74 Å². The summed E-state index contributed by atoms with van der Waals surface area (Å²) < 4.78 is 11.9. The Labute approximate surface area is 149 Å². The van der Waals surface area contributed by atoms with Gasteiger partial charge in [0, 0.05) is 5.39 Å². The number of fused-ring (bicyclic) bond motifs is 1. The predicted octanol–water partition coefficient (Wildman–Crippen LogP) is 5.18. The highest BCUT2D eigenvalue weighted by Gasteiger charge is 2.39. The molecule has 1 heterocycles. The van der Waals surface area contributed by atoms with E-state index in [9.17, 15) is 5.26 Å². The Morgan fingerprint density at radius 1 is 1.25 bits per heavy atom. The number of benzene rings is 1. The molecule has 4 nitrogen and oxygen atoms in total. The molecule has 0 saturated heterocycles. The van der Waals surface area contributed by atoms with Gasteiger partial charge < -0.3 is 9.16 Å². The predicted molar refractivity (Wildman–Crippen MR) is 99.9 cm³/mol. The highest BCUT2D eigenvalue weighted by Crippen LogP contribution is 2.37. The van der Waals surface area contributed by atoms with Crippen molar-refractivity contribution < 1.29 is 9.16 Å². The standard InChI is InChI=1S/C18H23ClN2O2Si/c1-18(2,3)24(4,5)23-15(11-20)12-22-14-7-8-16-13(10-14)6-9-17(19)21-16/h6-10,15H,12H2,1-5H3. The van der Waals surface area contributed by atoms with Gasteiger partial charge in [0.25, 0.3) is 0 Å². The molecule has 0 aliphatic carbocycles. The van der Waals surface area contributed by atoms with Crippen LogP contribution in [0.1, 0.15) is 20.8 Å². The first-order valence-electron chi connectivity index (χ1n) is 7.89. The Kier molecular flexibility index (Phi) is 5.54. The van der Waals surface area contributed by atoms with Gasteiger partial charge >= 0.3 is 0 Å². The average molecular weight is 363 g/mol.